The molecule has 4 aromatic rings. The summed E-state index contributed by atoms with van der Waals surface area (Å²) in [6.45, 7) is 0. The second-order valence-corrected chi connectivity index (χ2v) is 8.74. The molecule has 140 valence electrons. The Morgan fingerprint density at radius 2 is 1.96 bits per heavy atom. The summed E-state index contributed by atoms with van der Waals surface area (Å²) in [5.41, 5.74) is 1.37. The number of hydrogen-bond acceptors (Lipinski definition) is 6. The van der Waals surface area contributed by atoms with Gasteiger partial charge in [0.1, 0.15) is 11.1 Å². The van der Waals surface area contributed by atoms with Crippen molar-refractivity contribution in [2.45, 2.75) is 4.34 Å². The van der Waals surface area contributed by atoms with Crippen LogP contribution in [0.25, 0.3) is 22.2 Å². The standard InChI is InChI=1S/C20H11Cl2NO3S2/c21-12-5-6-13(15(22)8-12)16-9-27-20(23-16)28-10-17(24)14-7-11-3-1-2-4-18(11)26-19(14)25/h1-9H,10H2. The van der Waals surface area contributed by atoms with Crippen molar-refractivity contribution in [3.8, 4) is 11.3 Å². The maximum absolute atomic E-state index is 12.5. The zero-order valence-electron chi connectivity index (χ0n) is 14.1. The molecule has 0 saturated carbocycles. The number of fused-ring (bicyclic) bond motifs is 1. The largest absolute Gasteiger partial charge is 0.422 e. The van der Waals surface area contributed by atoms with Crippen molar-refractivity contribution < 1.29 is 9.21 Å². The Hall–Kier alpha value is -2.12. The van der Waals surface area contributed by atoms with E-state index in [-0.39, 0.29) is 17.1 Å². The zero-order chi connectivity index (χ0) is 19.7. The molecule has 2 heterocycles. The van der Waals surface area contributed by atoms with Gasteiger partial charge < -0.3 is 4.42 Å². The third-order valence-corrected chi connectivity index (χ3v) is 6.53. The number of thiazole rings is 1. The molecule has 0 fully saturated rings. The maximum atomic E-state index is 12.5. The summed E-state index contributed by atoms with van der Waals surface area (Å²) < 4.78 is 5.93. The summed E-state index contributed by atoms with van der Waals surface area (Å²) in [5.74, 6) is -0.213. The molecule has 2 aromatic heterocycles. The SMILES string of the molecule is O=C(CSc1nc(-c2ccc(Cl)cc2Cl)cs1)c1cc2ccccc2oc1=O. The summed E-state index contributed by atoms with van der Waals surface area (Å²) in [6, 6.07) is 13.9. The topological polar surface area (TPSA) is 60.2 Å². The summed E-state index contributed by atoms with van der Waals surface area (Å²) in [4.78, 5) is 29.1. The number of benzene rings is 2. The fourth-order valence-corrected chi connectivity index (χ4v) is 4.82. The number of nitrogens with zero attached hydrogens (tertiary/aromatic N) is 1. The Balaban J connectivity index is 1.51. The molecule has 0 amide bonds. The number of ketones is 1. The molecule has 2 aromatic carbocycles. The molecule has 0 spiro atoms. The van der Waals surface area contributed by atoms with Crippen LogP contribution in [-0.4, -0.2) is 16.5 Å². The molecule has 0 unspecified atom stereocenters. The molecule has 0 aliphatic heterocycles. The molecular formula is C20H11Cl2NO3S2. The van der Waals surface area contributed by atoms with Crippen molar-refractivity contribution in [2.24, 2.45) is 0 Å². The highest BCUT2D eigenvalue weighted by Gasteiger charge is 2.16. The van der Waals surface area contributed by atoms with Gasteiger partial charge in [0.2, 0.25) is 0 Å². The van der Waals surface area contributed by atoms with Gasteiger partial charge in [-0.05, 0) is 30.3 Å². The van der Waals surface area contributed by atoms with E-state index in [1.165, 1.54) is 23.1 Å². The summed E-state index contributed by atoms with van der Waals surface area (Å²) in [7, 11) is 0. The number of carbonyl (C=O) groups is 1. The number of carbonyl (C=O) groups excluding carboxylic acids is 1. The van der Waals surface area contributed by atoms with Gasteiger partial charge in [0.25, 0.3) is 0 Å². The Labute approximate surface area is 178 Å². The van der Waals surface area contributed by atoms with Crippen LogP contribution in [0.15, 0.2) is 67.5 Å². The fourth-order valence-electron chi connectivity index (χ4n) is 2.61. The number of hydrogen-bond donors (Lipinski definition) is 0. The first-order chi connectivity index (χ1) is 13.5. The predicted molar refractivity (Wildman–Crippen MR) is 115 cm³/mol. The molecule has 4 rings (SSSR count). The van der Waals surface area contributed by atoms with Crippen molar-refractivity contribution in [1.82, 2.24) is 4.98 Å². The van der Waals surface area contributed by atoms with E-state index in [0.29, 0.717) is 31.0 Å². The molecule has 0 radical (unpaired) electrons. The molecule has 0 bridgehead atoms. The molecule has 0 atom stereocenters. The van der Waals surface area contributed by atoms with Crippen LogP contribution >= 0.6 is 46.3 Å². The lowest BCUT2D eigenvalue weighted by Gasteiger charge is -2.02. The van der Waals surface area contributed by atoms with E-state index in [4.69, 9.17) is 27.6 Å². The van der Waals surface area contributed by atoms with Crippen LogP contribution in [0.3, 0.4) is 0 Å². The van der Waals surface area contributed by atoms with Crippen molar-refractivity contribution in [3.63, 3.8) is 0 Å². The zero-order valence-corrected chi connectivity index (χ0v) is 17.3. The quantitative estimate of drug-likeness (QED) is 0.207. The first-order valence-corrected chi connectivity index (χ1v) is 10.7. The minimum atomic E-state index is -0.628. The number of rotatable bonds is 5. The summed E-state index contributed by atoms with van der Waals surface area (Å²) in [5, 5.41) is 3.65. The summed E-state index contributed by atoms with van der Waals surface area (Å²) in [6.07, 6.45) is 0. The van der Waals surface area contributed by atoms with Gasteiger partial charge in [0, 0.05) is 21.4 Å². The molecule has 0 N–H and O–H groups in total. The Kier molecular flexibility index (Phi) is 5.55. The van der Waals surface area contributed by atoms with E-state index in [0.717, 1.165) is 5.56 Å². The minimum Gasteiger partial charge on any atom is -0.422 e. The van der Waals surface area contributed by atoms with Crippen LogP contribution in [0.2, 0.25) is 10.0 Å². The van der Waals surface area contributed by atoms with Gasteiger partial charge >= 0.3 is 5.63 Å². The second-order valence-electron chi connectivity index (χ2n) is 5.82. The van der Waals surface area contributed by atoms with Crippen LogP contribution in [0, 0.1) is 0 Å². The second kappa shape index (κ2) is 8.09. The average Bonchev–Trinajstić information content (AvgIpc) is 3.14. The van der Waals surface area contributed by atoms with Crippen molar-refractivity contribution in [3.05, 3.63) is 79.9 Å². The molecule has 4 nitrogen and oxygen atoms in total. The van der Waals surface area contributed by atoms with Crippen molar-refractivity contribution in [1.29, 1.82) is 0 Å². The summed E-state index contributed by atoms with van der Waals surface area (Å²) >= 11 is 14.8. The number of halogens is 2. The van der Waals surface area contributed by atoms with E-state index in [2.05, 4.69) is 4.98 Å². The molecule has 8 heteroatoms. The number of para-hydroxylation sites is 1. The van der Waals surface area contributed by atoms with Gasteiger partial charge in [-0.1, -0.05) is 53.2 Å². The Morgan fingerprint density at radius 1 is 1.14 bits per heavy atom. The third kappa shape index (κ3) is 4.00. The van der Waals surface area contributed by atoms with Gasteiger partial charge in [0.15, 0.2) is 10.1 Å². The Bertz CT molecular complexity index is 1250. The number of Topliss-reactive ketones (excluding diaryl/α,β-unsaturated/α-hetero) is 1. The van der Waals surface area contributed by atoms with Crippen molar-refractivity contribution in [2.75, 3.05) is 5.75 Å². The number of aromatic nitrogens is 1. The van der Waals surface area contributed by atoms with E-state index < -0.39 is 5.63 Å². The third-order valence-electron chi connectivity index (χ3n) is 3.96. The van der Waals surface area contributed by atoms with Crippen LogP contribution in [0.5, 0.6) is 0 Å². The van der Waals surface area contributed by atoms with Crippen molar-refractivity contribution >= 4 is 63.1 Å². The highest BCUT2D eigenvalue weighted by molar-refractivity contribution is 8.01. The highest BCUT2D eigenvalue weighted by Crippen LogP contribution is 2.33. The van der Waals surface area contributed by atoms with E-state index in [1.54, 1.807) is 42.5 Å². The fraction of sp³-hybridized carbons (Fsp3) is 0.0500. The molecule has 0 aliphatic rings. The van der Waals surface area contributed by atoms with E-state index >= 15 is 0 Å². The van der Waals surface area contributed by atoms with E-state index in [9.17, 15) is 9.59 Å². The minimum absolute atomic E-state index is 0.0451. The molecule has 28 heavy (non-hydrogen) atoms. The molecular weight excluding hydrogens is 437 g/mol. The first-order valence-electron chi connectivity index (χ1n) is 8.11. The van der Waals surface area contributed by atoms with E-state index in [1.807, 2.05) is 11.4 Å². The van der Waals surface area contributed by atoms with Crippen LogP contribution < -0.4 is 5.63 Å². The lowest BCUT2D eigenvalue weighted by Crippen LogP contribution is -2.15. The smallest absolute Gasteiger partial charge is 0.347 e. The first kappa shape index (κ1) is 19.2. The van der Waals surface area contributed by atoms with Crippen LogP contribution in [0.1, 0.15) is 10.4 Å². The van der Waals surface area contributed by atoms with Gasteiger partial charge in [0.05, 0.1) is 16.5 Å². The number of thioether (sulfide) groups is 1. The highest BCUT2D eigenvalue weighted by atomic mass is 35.5. The Morgan fingerprint density at radius 3 is 2.79 bits per heavy atom. The predicted octanol–water partition coefficient (Wildman–Crippen LogP) is 6.20. The lowest BCUT2D eigenvalue weighted by molar-refractivity contribution is 0.101. The lowest BCUT2D eigenvalue weighted by atomic mass is 10.1. The van der Waals surface area contributed by atoms with Gasteiger partial charge in [-0.3, -0.25) is 4.79 Å². The molecule has 0 saturated heterocycles. The van der Waals surface area contributed by atoms with Crippen LogP contribution in [-0.2, 0) is 0 Å². The monoisotopic (exact) mass is 447 g/mol. The van der Waals surface area contributed by atoms with Gasteiger partial charge in [-0.15, -0.1) is 11.3 Å². The van der Waals surface area contributed by atoms with Gasteiger partial charge in [-0.25, -0.2) is 9.78 Å². The van der Waals surface area contributed by atoms with Gasteiger partial charge in [-0.2, -0.15) is 0 Å². The molecule has 0 aliphatic carbocycles. The normalized spacial score (nSPS) is 11.1. The van der Waals surface area contributed by atoms with Crippen LogP contribution in [0.4, 0.5) is 0 Å². The average molecular weight is 448 g/mol. The maximum Gasteiger partial charge on any atom is 0.347 e.